The summed E-state index contributed by atoms with van der Waals surface area (Å²) in [5.41, 5.74) is 0.876. The van der Waals surface area contributed by atoms with Crippen molar-refractivity contribution in [1.82, 2.24) is 20.4 Å². The molecule has 0 atom stereocenters. The van der Waals surface area contributed by atoms with Crippen LogP contribution >= 0.6 is 0 Å². The Hall–Kier alpha value is -3.28. The van der Waals surface area contributed by atoms with Crippen LogP contribution in [0.3, 0.4) is 0 Å². The fraction of sp³-hybridized carbons (Fsp3) is 0. The van der Waals surface area contributed by atoms with Crippen molar-refractivity contribution in [3.05, 3.63) is 83.4 Å². The van der Waals surface area contributed by atoms with Crippen molar-refractivity contribution in [2.75, 3.05) is 0 Å². The van der Waals surface area contributed by atoms with E-state index in [0.717, 1.165) is 0 Å². The third-order valence-corrected chi connectivity index (χ3v) is 2.96. The lowest BCUT2D eigenvalue weighted by Crippen LogP contribution is -2.15. The highest BCUT2D eigenvalue weighted by Gasteiger charge is 2.17. The summed E-state index contributed by atoms with van der Waals surface area (Å²) in [5, 5.41) is 14.8. The van der Waals surface area contributed by atoms with Crippen molar-refractivity contribution in [2.24, 2.45) is 0 Å². The molecule has 0 bridgehead atoms. The van der Waals surface area contributed by atoms with Gasteiger partial charge in [-0.3, -0.25) is 9.59 Å². The van der Waals surface area contributed by atoms with E-state index in [1.54, 1.807) is 60.7 Å². The predicted octanol–water partition coefficient (Wildman–Crippen LogP) is 1.73. The molecule has 0 N–H and O–H groups in total. The summed E-state index contributed by atoms with van der Waals surface area (Å²) in [7, 11) is 0. The first kappa shape index (κ1) is 13.7. The van der Waals surface area contributed by atoms with Crippen molar-refractivity contribution >= 4 is 11.6 Å². The van der Waals surface area contributed by atoms with E-state index >= 15 is 0 Å². The average molecular weight is 290 g/mol. The standard InChI is InChI=1S/C16H10N4O2/c21-13(11-7-3-1-4-8-11)15-17-19-16(20-18-15)14(22)12-9-5-2-6-10-12/h1-10H. The smallest absolute Gasteiger partial charge is 0.244 e. The Balaban J connectivity index is 1.84. The van der Waals surface area contributed by atoms with E-state index in [0.29, 0.717) is 11.1 Å². The van der Waals surface area contributed by atoms with Gasteiger partial charge < -0.3 is 0 Å². The zero-order valence-corrected chi connectivity index (χ0v) is 11.4. The molecule has 0 aliphatic carbocycles. The molecule has 0 fully saturated rings. The van der Waals surface area contributed by atoms with Crippen molar-refractivity contribution in [2.45, 2.75) is 0 Å². The van der Waals surface area contributed by atoms with Crippen LogP contribution < -0.4 is 0 Å². The van der Waals surface area contributed by atoms with Crippen molar-refractivity contribution in [3.63, 3.8) is 0 Å². The third-order valence-electron chi connectivity index (χ3n) is 2.96. The Bertz CT molecular complexity index is 732. The van der Waals surface area contributed by atoms with Crippen LogP contribution in [0.2, 0.25) is 0 Å². The lowest BCUT2D eigenvalue weighted by Gasteiger charge is -2.00. The third kappa shape index (κ3) is 2.76. The maximum atomic E-state index is 12.1. The Labute approximate surface area is 125 Å². The molecular formula is C16H10N4O2. The van der Waals surface area contributed by atoms with Gasteiger partial charge in [0.25, 0.3) is 0 Å². The Morgan fingerprint density at radius 2 is 0.864 bits per heavy atom. The van der Waals surface area contributed by atoms with Gasteiger partial charge in [0.15, 0.2) is 0 Å². The van der Waals surface area contributed by atoms with Crippen LogP contribution in [0, 0.1) is 0 Å². The molecule has 0 saturated heterocycles. The van der Waals surface area contributed by atoms with E-state index in [-0.39, 0.29) is 23.2 Å². The van der Waals surface area contributed by atoms with Crippen LogP contribution in [0.25, 0.3) is 0 Å². The molecule has 0 saturated carbocycles. The lowest BCUT2D eigenvalue weighted by molar-refractivity contribution is 0.100. The van der Waals surface area contributed by atoms with Gasteiger partial charge in [0, 0.05) is 11.1 Å². The summed E-state index contributed by atoms with van der Waals surface area (Å²) in [4.78, 5) is 24.2. The second-order valence-electron chi connectivity index (χ2n) is 4.44. The van der Waals surface area contributed by atoms with Crippen molar-refractivity contribution < 1.29 is 9.59 Å². The number of hydrogen-bond acceptors (Lipinski definition) is 6. The molecule has 2 aromatic carbocycles. The number of carbonyl (C=O) groups excluding carboxylic acids is 2. The fourth-order valence-electron chi connectivity index (χ4n) is 1.85. The molecule has 0 amide bonds. The molecule has 0 spiro atoms. The predicted molar refractivity (Wildman–Crippen MR) is 77.4 cm³/mol. The number of hydrogen-bond donors (Lipinski definition) is 0. The van der Waals surface area contributed by atoms with Crippen molar-refractivity contribution in [1.29, 1.82) is 0 Å². The quantitative estimate of drug-likeness (QED) is 0.680. The number of ketones is 2. The summed E-state index contributed by atoms with van der Waals surface area (Å²) < 4.78 is 0. The first-order valence-corrected chi connectivity index (χ1v) is 6.52. The van der Waals surface area contributed by atoms with Crippen molar-refractivity contribution in [3.8, 4) is 0 Å². The van der Waals surface area contributed by atoms with Crippen LogP contribution in [0.1, 0.15) is 32.4 Å². The van der Waals surface area contributed by atoms with Gasteiger partial charge in [-0.05, 0) is 0 Å². The van der Waals surface area contributed by atoms with E-state index in [9.17, 15) is 9.59 Å². The maximum absolute atomic E-state index is 12.1. The van der Waals surface area contributed by atoms with Gasteiger partial charge in [-0.2, -0.15) is 0 Å². The molecule has 0 aliphatic rings. The van der Waals surface area contributed by atoms with Gasteiger partial charge in [-0.25, -0.2) is 0 Å². The highest BCUT2D eigenvalue weighted by atomic mass is 16.1. The van der Waals surface area contributed by atoms with Gasteiger partial charge in [0.1, 0.15) is 0 Å². The molecule has 6 heteroatoms. The first-order valence-electron chi connectivity index (χ1n) is 6.52. The van der Waals surface area contributed by atoms with E-state index in [1.165, 1.54) is 0 Å². The monoisotopic (exact) mass is 290 g/mol. The van der Waals surface area contributed by atoms with Gasteiger partial charge in [0.2, 0.25) is 23.2 Å². The fourth-order valence-corrected chi connectivity index (χ4v) is 1.85. The molecule has 6 nitrogen and oxygen atoms in total. The summed E-state index contributed by atoms with van der Waals surface area (Å²) in [6.45, 7) is 0. The summed E-state index contributed by atoms with van der Waals surface area (Å²) in [6.07, 6.45) is 0. The minimum Gasteiger partial charge on any atom is -0.285 e. The summed E-state index contributed by atoms with van der Waals surface area (Å²) in [5.74, 6) is -1.06. The molecule has 106 valence electrons. The molecular weight excluding hydrogens is 280 g/mol. The van der Waals surface area contributed by atoms with E-state index in [1.807, 2.05) is 0 Å². The molecule has 0 radical (unpaired) electrons. The van der Waals surface area contributed by atoms with Gasteiger partial charge in [-0.1, -0.05) is 60.7 Å². The molecule has 0 aliphatic heterocycles. The lowest BCUT2D eigenvalue weighted by atomic mass is 10.1. The SMILES string of the molecule is O=C(c1ccccc1)c1nnc(C(=O)c2ccccc2)nn1. The zero-order chi connectivity index (χ0) is 15.4. The van der Waals surface area contributed by atoms with E-state index in [2.05, 4.69) is 20.4 Å². The van der Waals surface area contributed by atoms with E-state index in [4.69, 9.17) is 0 Å². The van der Waals surface area contributed by atoms with Gasteiger partial charge >= 0.3 is 0 Å². The van der Waals surface area contributed by atoms with E-state index < -0.39 is 0 Å². The second kappa shape index (κ2) is 6.01. The molecule has 3 aromatic rings. The first-order chi connectivity index (χ1) is 10.8. The average Bonchev–Trinajstić information content (AvgIpc) is 2.62. The molecule has 0 unspecified atom stereocenters. The number of rotatable bonds is 4. The van der Waals surface area contributed by atoms with Crippen LogP contribution in [-0.4, -0.2) is 32.0 Å². The Kier molecular flexibility index (Phi) is 3.74. The van der Waals surface area contributed by atoms with Gasteiger partial charge in [0.05, 0.1) is 0 Å². The van der Waals surface area contributed by atoms with Crippen LogP contribution in [0.15, 0.2) is 60.7 Å². The van der Waals surface area contributed by atoms with Crippen LogP contribution in [0.4, 0.5) is 0 Å². The molecule has 22 heavy (non-hydrogen) atoms. The summed E-state index contributed by atoms with van der Waals surface area (Å²) in [6, 6.07) is 17.1. The minimum absolute atomic E-state index is 0.143. The molecule has 1 aromatic heterocycles. The highest BCUT2D eigenvalue weighted by molar-refractivity contribution is 6.07. The number of carbonyl (C=O) groups is 2. The number of aromatic nitrogens is 4. The molecule has 3 rings (SSSR count). The Morgan fingerprint density at radius 3 is 1.18 bits per heavy atom. The second-order valence-corrected chi connectivity index (χ2v) is 4.44. The Morgan fingerprint density at radius 1 is 0.545 bits per heavy atom. The minimum atomic E-state index is -0.390. The number of benzene rings is 2. The van der Waals surface area contributed by atoms with Crippen LogP contribution in [-0.2, 0) is 0 Å². The largest absolute Gasteiger partial charge is 0.285 e. The normalized spacial score (nSPS) is 10.2. The summed E-state index contributed by atoms with van der Waals surface area (Å²) >= 11 is 0. The zero-order valence-electron chi connectivity index (χ0n) is 11.4. The van der Waals surface area contributed by atoms with Gasteiger partial charge in [-0.15, -0.1) is 20.4 Å². The molecule has 1 heterocycles. The highest BCUT2D eigenvalue weighted by Crippen LogP contribution is 2.06. The topological polar surface area (TPSA) is 85.7 Å². The number of nitrogens with zero attached hydrogens (tertiary/aromatic N) is 4. The maximum Gasteiger partial charge on any atom is 0.244 e. The van der Waals surface area contributed by atoms with Crippen LogP contribution in [0.5, 0.6) is 0 Å².